The van der Waals surface area contributed by atoms with Crippen LogP contribution in [0.1, 0.15) is 36.5 Å². The maximum absolute atomic E-state index is 13.1. The van der Waals surface area contributed by atoms with Crippen molar-refractivity contribution in [3.63, 3.8) is 0 Å². The molecule has 2 N–H and O–H groups in total. The first-order valence-electron chi connectivity index (χ1n) is 9.36. The summed E-state index contributed by atoms with van der Waals surface area (Å²) in [6.07, 6.45) is 2.83. The molecule has 1 amide bonds. The summed E-state index contributed by atoms with van der Waals surface area (Å²) in [5.41, 5.74) is 0.404. The van der Waals surface area contributed by atoms with Gasteiger partial charge in [0.05, 0.1) is 12.6 Å². The number of hydrogen-bond acceptors (Lipinski definition) is 4. The Hall–Kier alpha value is -3.28. The predicted octanol–water partition coefficient (Wildman–Crippen LogP) is 4.16. The van der Waals surface area contributed by atoms with Gasteiger partial charge in [-0.05, 0) is 42.8 Å². The molecule has 0 aliphatic rings. The molecular weight excluding hydrogens is 356 g/mol. The number of aryl methyl sites for hydroxylation is 1. The molecule has 0 saturated heterocycles. The number of hydrogen-bond donors (Lipinski definition) is 2. The van der Waals surface area contributed by atoms with Crippen molar-refractivity contribution in [1.29, 1.82) is 0 Å². The topological polar surface area (TPSA) is 80.6 Å². The van der Waals surface area contributed by atoms with Crippen LogP contribution in [0, 0.1) is 0 Å². The summed E-state index contributed by atoms with van der Waals surface area (Å²) in [6, 6.07) is 13.8. The molecule has 28 heavy (non-hydrogen) atoms. The zero-order valence-corrected chi connectivity index (χ0v) is 16.1. The Kier molecular flexibility index (Phi) is 5.99. The number of ether oxygens (including phenoxy) is 1. The number of aromatic nitrogens is 1. The Morgan fingerprint density at radius 1 is 1.11 bits per heavy atom. The molecule has 1 aromatic heterocycles. The Morgan fingerprint density at radius 2 is 1.82 bits per heavy atom. The number of aromatic hydroxyl groups is 1. The highest BCUT2D eigenvalue weighted by atomic mass is 16.5. The van der Waals surface area contributed by atoms with E-state index in [1.54, 1.807) is 54.1 Å². The van der Waals surface area contributed by atoms with Gasteiger partial charge in [-0.3, -0.25) is 9.59 Å². The van der Waals surface area contributed by atoms with Gasteiger partial charge in [0.15, 0.2) is 0 Å². The molecule has 0 bridgehead atoms. The van der Waals surface area contributed by atoms with Crippen LogP contribution in [0.2, 0.25) is 0 Å². The highest BCUT2D eigenvalue weighted by Gasteiger charge is 2.22. The average molecular weight is 380 g/mol. The molecule has 0 fully saturated rings. The lowest BCUT2D eigenvalue weighted by molar-refractivity contribution is 0.102. The standard InChI is InChI=1S/C22H24N2O4/c1-3-4-7-14-24-18-9-6-5-8-17(18)20(25)19(22(24)27)21(26)23-15-10-12-16(28-2)13-11-15/h5-6,8-13,25H,3-4,7,14H2,1-2H3,(H,23,26). The number of nitrogens with one attached hydrogen (secondary N) is 1. The predicted molar refractivity (Wildman–Crippen MR) is 110 cm³/mol. The number of methoxy groups -OCH3 is 1. The van der Waals surface area contributed by atoms with E-state index in [0.717, 1.165) is 19.3 Å². The molecule has 3 aromatic rings. The molecule has 0 saturated carbocycles. The van der Waals surface area contributed by atoms with Gasteiger partial charge in [0.2, 0.25) is 0 Å². The summed E-state index contributed by atoms with van der Waals surface area (Å²) in [6.45, 7) is 2.59. The number of amides is 1. The van der Waals surface area contributed by atoms with Crippen molar-refractivity contribution in [3.8, 4) is 11.5 Å². The Bertz CT molecular complexity index is 1040. The normalized spacial score (nSPS) is 10.8. The minimum Gasteiger partial charge on any atom is -0.506 e. The number of unbranched alkanes of at least 4 members (excludes halogenated alkanes) is 2. The zero-order chi connectivity index (χ0) is 20.1. The van der Waals surface area contributed by atoms with Gasteiger partial charge >= 0.3 is 0 Å². The molecule has 0 aliphatic heterocycles. The molecule has 6 heteroatoms. The fraction of sp³-hybridized carbons (Fsp3) is 0.273. The van der Waals surface area contributed by atoms with Gasteiger partial charge < -0.3 is 19.7 Å². The summed E-state index contributed by atoms with van der Waals surface area (Å²) in [4.78, 5) is 25.9. The number of pyridine rings is 1. The number of para-hydroxylation sites is 1. The lowest BCUT2D eigenvalue weighted by Gasteiger charge is -2.15. The van der Waals surface area contributed by atoms with Crippen molar-refractivity contribution < 1.29 is 14.6 Å². The third-order valence-electron chi connectivity index (χ3n) is 4.71. The van der Waals surface area contributed by atoms with E-state index in [1.807, 2.05) is 6.07 Å². The summed E-state index contributed by atoms with van der Waals surface area (Å²) < 4.78 is 6.68. The second-order valence-electron chi connectivity index (χ2n) is 6.59. The molecule has 2 aromatic carbocycles. The third-order valence-corrected chi connectivity index (χ3v) is 4.71. The van der Waals surface area contributed by atoms with Crippen molar-refractivity contribution >= 4 is 22.5 Å². The molecule has 0 spiro atoms. The molecule has 0 aliphatic carbocycles. The average Bonchev–Trinajstić information content (AvgIpc) is 2.71. The Morgan fingerprint density at radius 3 is 2.50 bits per heavy atom. The van der Waals surface area contributed by atoms with Crippen LogP contribution in [0.5, 0.6) is 11.5 Å². The quantitative estimate of drug-likeness (QED) is 0.603. The molecule has 1 heterocycles. The molecule has 146 valence electrons. The van der Waals surface area contributed by atoms with Crippen LogP contribution in [0.15, 0.2) is 53.3 Å². The minimum absolute atomic E-state index is 0.244. The van der Waals surface area contributed by atoms with Crippen LogP contribution in [0.25, 0.3) is 10.9 Å². The van der Waals surface area contributed by atoms with Gasteiger partial charge in [-0.1, -0.05) is 31.9 Å². The van der Waals surface area contributed by atoms with Gasteiger partial charge in [0.1, 0.15) is 17.1 Å². The molecule has 6 nitrogen and oxygen atoms in total. The van der Waals surface area contributed by atoms with Crippen molar-refractivity contribution in [1.82, 2.24) is 4.57 Å². The molecule has 0 atom stereocenters. The zero-order valence-electron chi connectivity index (χ0n) is 16.1. The van der Waals surface area contributed by atoms with E-state index in [-0.39, 0.29) is 11.3 Å². The third kappa shape index (κ3) is 3.86. The van der Waals surface area contributed by atoms with E-state index in [2.05, 4.69) is 12.2 Å². The maximum Gasteiger partial charge on any atom is 0.267 e. The fourth-order valence-electron chi connectivity index (χ4n) is 3.20. The first-order chi connectivity index (χ1) is 13.6. The van der Waals surface area contributed by atoms with E-state index >= 15 is 0 Å². The van der Waals surface area contributed by atoms with Gasteiger partial charge in [-0.2, -0.15) is 0 Å². The Labute approximate surface area is 163 Å². The summed E-state index contributed by atoms with van der Waals surface area (Å²) in [5, 5.41) is 13.8. The summed E-state index contributed by atoms with van der Waals surface area (Å²) in [5.74, 6) is -0.272. The molecule has 0 radical (unpaired) electrons. The number of rotatable bonds is 7. The van der Waals surface area contributed by atoms with Crippen LogP contribution >= 0.6 is 0 Å². The van der Waals surface area contributed by atoms with Gasteiger partial charge in [0.25, 0.3) is 11.5 Å². The fourth-order valence-corrected chi connectivity index (χ4v) is 3.20. The van der Waals surface area contributed by atoms with Crippen LogP contribution < -0.4 is 15.6 Å². The first-order valence-corrected chi connectivity index (χ1v) is 9.36. The highest BCUT2D eigenvalue weighted by Crippen LogP contribution is 2.27. The molecule has 0 unspecified atom stereocenters. The van der Waals surface area contributed by atoms with E-state index in [9.17, 15) is 14.7 Å². The smallest absolute Gasteiger partial charge is 0.267 e. The summed E-state index contributed by atoms with van der Waals surface area (Å²) >= 11 is 0. The number of carbonyl (C=O) groups excluding carboxylic acids is 1. The van der Waals surface area contributed by atoms with E-state index < -0.39 is 11.5 Å². The van der Waals surface area contributed by atoms with Gasteiger partial charge in [-0.25, -0.2) is 0 Å². The van der Waals surface area contributed by atoms with Crippen molar-refractivity contribution in [3.05, 3.63) is 64.4 Å². The maximum atomic E-state index is 13.1. The number of benzene rings is 2. The van der Waals surface area contributed by atoms with E-state index in [0.29, 0.717) is 28.9 Å². The van der Waals surface area contributed by atoms with Crippen molar-refractivity contribution in [2.45, 2.75) is 32.7 Å². The van der Waals surface area contributed by atoms with E-state index in [4.69, 9.17) is 4.74 Å². The van der Waals surface area contributed by atoms with Gasteiger partial charge in [-0.15, -0.1) is 0 Å². The van der Waals surface area contributed by atoms with Gasteiger partial charge in [0, 0.05) is 17.6 Å². The lowest BCUT2D eigenvalue weighted by Crippen LogP contribution is -2.30. The van der Waals surface area contributed by atoms with Crippen LogP contribution in [0.3, 0.4) is 0 Å². The highest BCUT2D eigenvalue weighted by molar-refractivity contribution is 6.09. The minimum atomic E-state index is -0.636. The second kappa shape index (κ2) is 8.61. The first kappa shape index (κ1) is 19.5. The van der Waals surface area contributed by atoms with Crippen LogP contribution in [-0.4, -0.2) is 22.7 Å². The number of carbonyl (C=O) groups is 1. The number of fused-ring (bicyclic) bond motifs is 1. The number of nitrogens with zero attached hydrogens (tertiary/aromatic N) is 1. The second-order valence-corrected chi connectivity index (χ2v) is 6.59. The summed E-state index contributed by atoms with van der Waals surface area (Å²) in [7, 11) is 1.56. The van der Waals surface area contributed by atoms with Crippen molar-refractivity contribution in [2.75, 3.05) is 12.4 Å². The van der Waals surface area contributed by atoms with Crippen molar-refractivity contribution in [2.24, 2.45) is 0 Å². The lowest BCUT2D eigenvalue weighted by atomic mass is 10.1. The largest absolute Gasteiger partial charge is 0.506 e. The van der Waals surface area contributed by atoms with Crippen LogP contribution in [0.4, 0.5) is 5.69 Å². The van der Waals surface area contributed by atoms with Crippen LogP contribution in [-0.2, 0) is 6.54 Å². The van der Waals surface area contributed by atoms with E-state index in [1.165, 1.54) is 0 Å². The SMILES string of the molecule is CCCCCn1c(=O)c(C(=O)Nc2ccc(OC)cc2)c(O)c2ccccc21. The Balaban J connectivity index is 2.03. The monoisotopic (exact) mass is 380 g/mol. The molecular formula is C22H24N2O4. The molecule has 3 rings (SSSR count). The number of anilines is 1.